The van der Waals surface area contributed by atoms with Gasteiger partial charge in [-0.2, -0.15) is 0 Å². The van der Waals surface area contributed by atoms with E-state index in [9.17, 15) is 8.78 Å². The molecule has 0 fully saturated rings. The molecular weight excluding hydrogens is 422 g/mol. The Morgan fingerprint density at radius 2 is 1.94 bits per heavy atom. The maximum absolute atomic E-state index is 14.6. The SMILES string of the molecule is CC(=N)/C=C(\N)Nc1ncc2c(n1)-c1ccc(Cl)cc1C(c1c(F)cccc1F)=NC2. The highest BCUT2D eigenvalue weighted by Crippen LogP contribution is 2.34. The summed E-state index contributed by atoms with van der Waals surface area (Å²) in [4.78, 5) is 13.3. The number of nitrogens with two attached hydrogens (primary N) is 1. The van der Waals surface area contributed by atoms with Crippen LogP contribution < -0.4 is 11.1 Å². The van der Waals surface area contributed by atoms with Gasteiger partial charge in [0, 0.05) is 33.6 Å². The monoisotopic (exact) mass is 438 g/mol. The minimum absolute atomic E-state index is 0.121. The summed E-state index contributed by atoms with van der Waals surface area (Å²) >= 11 is 6.21. The molecule has 0 unspecified atom stereocenters. The number of anilines is 1. The molecule has 0 saturated carbocycles. The van der Waals surface area contributed by atoms with Crippen LogP contribution in [0.2, 0.25) is 5.02 Å². The summed E-state index contributed by atoms with van der Waals surface area (Å²) in [6.45, 7) is 1.71. The fourth-order valence-corrected chi connectivity index (χ4v) is 3.49. The van der Waals surface area contributed by atoms with E-state index in [1.807, 2.05) is 0 Å². The number of rotatable bonds is 4. The quantitative estimate of drug-likeness (QED) is 0.515. The largest absolute Gasteiger partial charge is 0.385 e. The zero-order valence-electron chi connectivity index (χ0n) is 16.4. The van der Waals surface area contributed by atoms with E-state index in [2.05, 4.69) is 20.3 Å². The van der Waals surface area contributed by atoms with Gasteiger partial charge in [0.1, 0.15) is 17.5 Å². The first-order chi connectivity index (χ1) is 14.8. The van der Waals surface area contributed by atoms with Gasteiger partial charge in [-0.05, 0) is 37.3 Å². The zero-order chi connectivity index (χ0) is 22.1. The number of hydrogen-bond donors (Lipinski definition) is 3. The molecule has 1 aliphatic rings. The Kier molecular flexibility index (Phi) is 5.48. The standard InChI is InChI=1S/C22H17ClF2N6/c1-11(26)7-18(27)30-22-29-10-12-9-28-21(19-16(24)3-2-4-17(19)25)15-8-13(23)5-6-14(15)20(12)31-22/h2-8,10,26H,9,27H2,1H3,(H,29,30,31)/b18-7+,26-11?. The predicted octanol–water partition coefficient (Wildman–Crippen LogP) is 4.68. The summed E-state index contributed by atoms with van der Waals surface area (Å²) in [5, 5.41) is 10.7. The van der Waals surface area contributed by atoms with Gasteiger partial charge in [0.25, 0.3) is 0 Å². The molecule has 31 heavy (non-hydrogen) atoms. The Balaban J connectivity index is 1.88. The van der Waals surface area contributed by atoms with Crippen molar-refractivity contribution in [3.8, 4) is 11.3 Å². The second kappa shape index (κ2) is 8.23. The Morgan fingerprint density at radius 3 is 2.65 bits per heavy atom. The number of hydrogen-bond acceptors (Lipinski definition) is 6. The number of allylic oxidation sites excluding steroid dienone is 1. The van der Waals surface area contributed by atoms with Crippen molar-refractivity contribution in [2.24, 2.45) is 10.7 Å². The Morgan fingerprint density at radius 1 is 1.19 bits per heavy atom. The molecule has 2 heterocycles. The number of nitrogens with one attached hydrogen (secondary N) is 2. The van der Waals surface area contributed by atoms with Crippen molar-refractivity contribution in [1.82, 2.24) is 9.97 Å². The molecule has 2 aromatic carbocycles. The van der Waals surface area contributed by atoms with E-state index in [-0.39, 0.29) is 35.3 Å². The van der Waals surface area contributed by atoms with Crippen LogP contribution in [0, 0.1) is 17.0 Å². The Hall–Kier alpha value is -3.65. The lowest BCUT2D eigenvalue weighted by Gasteiger charge is -2.13. The molecule has 4 N–H and O–H groups in total. The van der Waals surface area contributed by atoms with Crippen LogP contribution in [0.3, 0.4) is 0 Å². The summed E-state index contributed by atoms with van der Waals surface area (Å²) in [6.07, 6.45) is 3.02. The van der Waals surface area contributed by atoms with E-state index >= 15 is 0 Å². The fraction of sp³-hybridized carbons (Fsp3) is 0.0909. The topological polar surface area (TPSA) is 100 Å². The van der Waals surface area contributed by atoms with Crippen molar-refractivity contribution in [2.45, 2.75) is 13.5 Å². The molecule has 0 bridgehead atoms. The number of aliphatic imine (C=N–C) groups is 1. The van der Waals surface area contributed by atoms with Gasteiger partial charge in [0.2, 0.25) is 5.95 Å². The Labute approximate surface area is 182 Å². The maximum Gasteiger partial charge on any atom is 0.228 e. The van der Waals surface area contributed by atoms with E-state index in [0.717, 1.165) is 0 Å². The summed E-state index contributed by atoms with van der Waals surface area (Å²) in [5.74, 6) is -1.01. The highest BCUT2D eigenvalue weighted by Gasteiger charge is 2.25. The molecule has 6 nitrogen and oxygen atoms in total. The number of nitrogens with zero attached hydrogens (tertiary/aromatic N) is 3. The minimum Gasteiger partial charge on any atom is -0.385 e. The lowest BCUT2D eigenvalue weighted by atomic mass is 9.95. The molecule has 4 rings (SSSR count). The van der Waals surface area contributed by atoms with Gasteiger partial charge in [-0.15, -0.1) is 0 Å². The number of aromatic nitrogens is 2. The van der Waals surface area contributed by atoms with Crippen LogP contribution in [-0.4, -0.2) is 21.4 Å². The molecule has 0 radical (unpaired) electrons. The van der Waals surface area contributed by atoms with Crippen LogP contribution in [0.15, 0.2) is 59.5 Å². The molecule has 1 aliphatic heterocycles. The molecule has 0 spiro atoms. The van der Waals surface area contributed by atoms with Crippen LogP contribution >= 0.6 is 11.6 Å². The first-order valence-corrected chi connectivity index (χ1v) is 9.65. The predicted molar refractivity (Wildman–Crippen MR) is 117 cm³/mol. The number of fused-ring (bicyclic) bond motifs is 3. The lowest BCUT2D eigenvalue weighted by Crippen LogP contribution is -2.13. The van der Waals surface area contributed by atoms with E-state index in [0.29, 0.717) is 27.4 Å². The fourth-order valence-electron chi connectivity index (χ4n) is 3.32. The van der Waals surface area contributed by atoms with Gasteiger partial charge in [0.05, 0.1) is 23.5 Å². The summed E-state index contributed by atoms with van der Waals surface area (Å²) in [5.41, 5.74) is 8.34. The van der Waals surface area contributed by atoms with Crippen LogP contribution in [-0.2, 0) is 6.54 Å². The zero-order valence-corrected chi connectivity index (χ0v) is 17.1. The van der Waals surface area contributed by atoms with Crippen molar-refractivity contribution in [3.63, 3.8) is 0 Å². The van der Waals surface area contributed by atoms with Crippen molar-refractivity contribution in [1.29, 1.82) is 5.41 Å². The highest BCUT2D eigenvalue weighted by molar-refractivity contribution is 6.31. The van der Waals surface area contributed by atoms with Gasteiger partial charge >= 0.3 is 0 Å². The lowest BCUT2D eigenvalue weighted by molar-refractivity contribution is 0.579. The van der Waals surface area contributed by atoms with Gasteiger partial charge in [0.15, 0.2) is 0 Å². The average Bonchev–Trinajstić information content (AvgIpc) is 2.84. The molecule has 156 valence electrons. The molecule has 3 aromatic rings. The third-order valence-corrected chi connectivity index (χ3v) is 4.83. The average molecular weight is 439 g/mol. The van der Waals surface area contributed by atoms with Crippen LogP contribution in [0.1, 0.15) is 23.6 Å². The van der Waals surface area contributed by atoms with Gasteiger partial charge in [-0.1, -0.05) is 23.7 Å². The van der Waals surface area contributed by atoms with E-state index in [1.165, 1.54) is 24.3 Å². The van der Waals surface area contributed by atoms with E-state index < -0.39 is 11.6 Å². The van der Waals surface area contributed by atoms with Crippen molar-refractivity contribution < 1.29 is 8.78 Å². The summed E-state index contributed by atoms with van der Waals surface area (Å²) < 4.78 is 29.1. The first kappa shape index (κ1) is 20.6. The molecule has 0 saturated heterocycles. The summed E-state index contributed by atoms with van der Waals surface area (Å²) in [7, 11) is 0. The maximum atomic E-state index is 14.6. The first-order valence-electron chi connectivity index (χ1n) is 9.28. The van der Waals surface area contributed by atoms with Crippen molar-refractivity contribution in [3.05, 3.63) is 87.8 Å². The normalized spacial score (nSPS) is 13.0. The van der Waals surface area contributed by atoms with Gasteiger partial charge in [-0.25, -0.2) is 18.7 Å². The van der Waals surface area contributed by atoms with Gasteiger partial charge in [-0.3, -0.25) is 4.99 Å². The molecule has 0 aliphatic carbocycles. The third kappa shape index (κ3) is 4.15. The van der Waals surface area contributed by atoms with Gasteiger partial charge < -0.3 is 16.5 Å². The van der Waals surface area contributed by atoms with Crippen LogP contribution in [0.5, 0.6) is 0 Å². The molecule has 1 aromatic heterocycles. The molecule has 0 atom stereocenters. The number of benzene rings is 2. The Bertz CT molecular complexity index is 1250. The highest BCUT2D eigenvalue weighted by atomic mass is 35.5. The number of halogens is 3. The van der Waals surface area contributed by atoms with E-state index in [4.69, 9.17) is 22.7 Å². The second-order valence-corrected chi connectivity index (χ2v) is 7.36. The van der Waals surface area contributed by atoms with Crippen molar-refractivity contribution >= 4 is 29.0 Å². The van der Waals surface area contributed by atoms with E-state index in [1.54, 1.807) is 31.3 Å². The smallest absolute Gasteiger partial charge is 0.228 e. The third-order valence-electron chi connectivity index (χ3n) is 4.59. The molecular formula is C22H17ClF2N6. The second-order valence-electron chi connectivity index (χ2n) is 6.93. The molecule has 0 amide bonds. The van der Waals surface area contributed by atoms with Crippen LogP contribution in [0.4, 0.5) is 14.7 Å². The molecule has 9 heteroatoms. The summed E-state index contributed by atoms with van der Waals surface area (Å²) in [6, 6.07) is 8.69. The van der Waals surface area contributed by atoms with Crippen LogP contribution in [0.25, 0.3) is 11.3 Å². The minimum atomic E-state index is -0.719. The van der Waals surface area contributed by atoms with Crippen molar-refractivity contribution in [2.75, 3.05) is 5.32 Å².